The molecule has 0 amide bonds. The van der Waals surface area contributed by atoms with Gasteiger partial charge in [0, 0.05) is 9.35 Å². The molecule has 0 saturated carbocycles. The first-order valence-electron chi connectivity index (χ1n) is 4.48. The van der Waals surface area contributed by atoms with Gasteiger partial charge in [-0.2, -0.15) is 0 Å². The Morgan fingerprint density at radius 1 is 1.67 bits per heavy atom. The molecular weight excluding hydrogens is 278 g/mol. The molecule has 1 atom stereocenters. The number of carbonyl (C=O) groups is 1. The van der Waals surface area contributed by atoms with Gasteiger partial charge in [0.1, 0.15) is 0 Å². The summed E-state index contributed by atoms with van der Waals surface area (Å²) in [5.74, 6) is -0.296. The van der Waals surface area contributed by atoms with E-state index in [-0.39, 0.29) is 12.0 Å². The minimum Gasteiger partial charge on any atom is -0.469 e. The van der Waals surface area contributed by atoms with Crippen molar-refractivity contribution in [3.8, 4) is 0 Å². The molecule has 0 aromatic carbocycles. The molecule has 5 heteroatoms. The number of hydrogen-bond acceptors (Lipinski definition) is 4. The Bertz CT molecular complexity index is 362. The number of carbonyl (C=O) groups excluding carboxylic acids is 1. The van der Waals surface area contributed by atoms with E-state index >= 15 is 0 Å². The SMILES string of the molecule is COC(=O)C(C)(C)[C@@H](N)c1sccc1Br. The Labute approximate surface area is 102 Å². The van der Waals surface area contributed by atoms with Crippen LogP contribution in [0.1, 0.15) is 24.8 Å². The molecule has 0 fully saturated rings. The fourth-order valence-electron chi connectivity index (χ4n) is 1.25. The fraction of sp³-hybridized carbons (Fsp3) is 0.500. The third-order valence-corrected chi connectivity index (χ3v) is 4.37. The number of rotatable bonds is 3. The van der Waals surface area contributed by atoms with Gasteiger partial charge in [-0.05, 0) is 41.2 Å². The Hall–Kier alpha value is -0.390. The van der Waals surface area contributed by atoms with Crippen LogP contribution < -0.4 is 5.73 Å². The van der Waals surface area contributed by atoms with Crippen LogP contribution in [0.5, 0.6) is 0 Å². The minimum atomic E-state index is -0.720. The van der Waals surface area contributed by atoms with Crippen LogP contribution in [0.15, 0.2) is 15.9 Å². The second kappa shape index (κ2) is 4.63. The van der Waals surface area contributed by atoms with E-state index in [4.69, 9.17) is 10.5 Å². The summed E-state index contributed by atoms with van der Waals surface area (Å²) >= 11 is 4.94. The molecule has 0 saturated heterocycles. The van der Waals surface area contributed by atoms with Crippen molar-refractivity contribution in [2.45, 2.75) is 19.9 Å². The van der Waals surface area contributed by atoms with Gasteiger partial charge in [0.05, 0.1) is 18.6 Å². The number of esters is 1. The van der Waals surface area contributed by atoms with Gasteiger partial charge in [0.15, 0.2) is 0 Å². The van der Waals surface area contributed by atoms with Crippen LogP contribution in [-0.2, 0) is 9.53 Å². The summed E-state index contributed by atoms with van der Waals surface area (Å²) in [6.07, 6.45) is 0. The summed E-state index contributed by atoms with van der Waals surface area (Å²) < 4.78 is 5.69. The first kappa shape index (κ1) is 12.7. The topological polar surface area (TPSA) is 52.3 Å². The lowest BCUT2D eigenvalue weighted by molar-refractivity contribution is -0.152. The van der Waals surface area contributed by atoms with Crippen LogP contribution in [0.4, 0.5) is 0 Å². The predicted molar refractivity (Wildman–Crippen MR) is 64.7 cm³/mol. The van der Waals surface area contributed by atoms with Crippen molar-refractivity contribution in [2.75, 3.05) is 7.11 Å². The normalized spacial score (nSPS) is 13.7. The van der Waals surface area contributed by atoms with Crippen LogP contribution >= 0.6 is 27.3 Å². The molecule has 84 valence electrons. The summed E-state index contributed by atoms with van der Waals surface area (Å²) in [6, 6.07) is 1.56. The molecule has 0 aliphatic carbocycles. The number of halogens is 1. The lowest BCUT2D eigenvalue weighted by Gasteiger charge is -2.28. The summed E-state index contributed by atoms with van der Waals surface area (Å²) in [6.45, 7) is 3.57. The molecule has 15 heavy (non-hydrogen) atoms. The summed E-state index contributed by atoms with van der Waals surface area (Å²) in [7, 11) is 1.38. The summed E-state index contributed by atoms with van der Waals surface area (Å²) in [4.78, 5) is 12.5. The van der Waals surface area contributed by atoms with Crippen LogP contribution in [0, 0.1) is 5.41 Å². The van der Waals surface area contributed by atoms with Crippen LogP contribution in [0.3, 0.4) is 0 Å². The van der Waals surface area contributed by atoms with Crippen molar-refractivity contribution in [3.63, 3.8) is 0 Å². The van der Waals surface area contributed by atoms with E-state index in [0.717, 1.165) is 9.35 Å². The number of thiophene rings is 1. The number of ether oxygens (including phenoxy) is 1. The summed E-state index contributed by atoms with van der Waals surface area (Å²) in [5.41, 5.74) is 5.35. The van der Waals surface area contributed by atoms with Gasteiger partial charge in [-0.25, -0.2) is 0 Å². The van der Waals surface area contributed by atoms with E-state index in [1.165, 1.54) is 18.4 Å². The van der Waals surface area contributed by atoms with Crippen LogP contribution in [0.25, 0.3) is 0 Å². The fourth-order valence-corrected chi connectivity index (χ4v) is 3.05. The first-order valence-corrected chi connectivity index (χ1v) is 6.15. The van der Waals surface area contributed by atoms with E-state index in [0.29, 0.717) is 0 Å². The minimum absolute atomic E-state index is 0.296. The largest absolute Gasteiger partial charge is 0.469 e. The molecule has 0 spiro atoms. The highest BCUT2D eigenvalue weighted by atomic mass is 79.9. The second-order valence-electron chi connectivity index (χ2n) is 3.82. The zero-order valence-corrected chi connectivity index (χ0v) is 11.3. The van der Waals surface area contributed by atoms with E-state index in [2.05, 4.69) is 15.9 Å². The van der Waals surface area contributed by atoms with Gasteiger partial charge in [0.25, 0.3) is 0 Å². The van der Waals surface area contributed by atoms with Crippen molar-refractivity contribution < 1.29 is 9.53 Å². The van der Waals surface area contributed by atoms with Gasteiger partial charge in [0.2, 0.25) is 0 Å². The monoisotopic (exact) mass is 291 g/mol. The molecular formula is C10H14BrNO2S. The number of hydrogen-bond donors (Lipinski definition) is 1. The maximum Gasteiger partial charge on any atom is 0.313 e. The van der Waals surface area contributed by atoms with E-state index in [9.17, 15) is 4.79 Å². The third-order valence-electron chi connectivity index (χ3n) is 2.42. The van der Waals surface area contributed by atoms with Crippen LogP contribution in [-0.4, -0.2) is 13.1 Å². The quantitative estimate of drug-likeness (QED) is 0.871. The maximum atomic E-state index is 11.6. The highest BCUT2D eigenvalue weighted by Gasteiger charge is 2.37. The lowest BCUT2D eigenvalue weighted by Crippen LogP contribution is -2.37. The molecule has 1 rings (SSSR count). The van der Waals surface area contributed by atoms with Crippen LogP contribution in [0.2, 0.25) is 0 Å². The van der Waals surface area contributed by atoms with Crippen molar-refractivity contribution in [3.05, 3.63) is 20.8 Å². The third kappa shape index (κ3) is 2.41. The highest BCUT2D eigenvalue weighted by Crippen LogP contribution is 2.38. The molecule has 1 aromatic rings. The number of nitrogens with two attached hydrogens (primary N) is 1. The molecule has 0 radical (unpaired) electrons. The molecule has 0 unspecified atom stereocenters. The number of methoxy groups -OCH3 is 1. The Kier molecular flexibility index (Phi) is 3.92. The maximum absolute atomic E-state index is 11.6. The molecule has 3 nitrogen and oxygen atoms in total. The molecule has 1 aromatic heterocycles. The predicted octanol–water partition coefficient (Wildman–Crippen LogP) is 2.71. The van der Waals surface area contributed by atoms with Gasteiger partial charge in [-0.15, -0.1) is 11.3 Å². The van der Waals surface area contributed by atoms with E-state index < -0.39 is 5.41 Å². The highest BCUT2D eigenvalue weighted by molar-refractivity contribution is 9.10. The molecule has 0 bridgehead atoms. The van der Waals surface area contributed by atoms with Gasteiger partial charge in [-0.1, -0.05) is 0 Å². The molecule has 0 aliphatic rings. The molecule has 1 heterocycles. The molecule has 2 N–H and O–H groups in total. The Balaban J connectivity index is 2.99. The van der Waals surface area contributed by atoms with Gasteiger partial charge < -0.3 is 10.5 Å². The molecule has 0 aliphatic heterocycles. The van der Waals surface area contributed by atoms with Crippen molar-refractivity contribution in [1.29, 1.82) is 0 Å². The standard InChI is InChI=1S/C10H14BrNO2S/c1-10(2,9(13)14-3)8(12)7-6(11)4-5-15-7/h4-5,8H,12H2,1-3H3/t8-/m0/s1. The van der Waals surface area contributed by atoms with Gasteiger partial charge >= 0.3 is 5.97 Å². The van der Waals surface area contributed by atoms with Crippen molar-refractivity contribution in [2.24, 2.45) is 11.1 Å². The van der Waals surface area contributed by atoms with E-state index in [1.54, 1.807) is 13.8 Å². The Morgan fingerprint density at radius 3 is 2.67 bits per heavy atom. The van der Waals surface area contributed by atoms with Crippen molar-refractivity contribution >= 4 is 33.2 Å². The average Bonchev–Trinajstić information content (AvgIpc) is 2.61. The zero-order valence-electron chi connectivity index (χ0n) is 8.91. The Morgan fingerprint density at radius 2 is 2.27 bits per heavy atom. The zero-order chi connectivity index (χ0) is 11.6. The first-order chi connectivity index (χ1) is 6.91. The smallest absolute Gasteiger partial charge is 0.313 e. The average molecular weight is 292 g/mol. The van der Waals surface area contributed by atoms with E-state index in [1.807, 2.05) is 11.4 Å². The summed E-state index contributed by atoms with van der Waals surface area (Å²) in [5, 5.41) is 1.94. The van der Waals surface area contributed by atoms with Crippen molar-refractivity contribution in [1.82, 2.24) is 0 Å². The lowest BCUT2D eigenvalue weighted by atomic mass is 9.84. The van der Waals surface area contributed by atoms with Gasteiger partial charge in [-0.3, -0.25) is 4.79 Å². The second-order valence-corrected chi connectivity index (χ2v) is 5.63.